The van der Waals surface area contributed by atoms with Crippen molar-refractivity contribution in [3.63, 3.8) is 0 Å². The van der Waals surface area contributed by atoms with Crippen molar-refractivity contribution in [3.8, 4) is 0 Å². The quantitative estimate of drug-likeness (QED) is 0.603. The number of carbonyl (C=O) groups excluding carboxylic acids is 1. The number of thioether (sulfide) groups is 1. The molecule has 1 saturated carbocycles. The summed E-state index contributed by atoms with van der Waals surface area (Å²) < 4.78 is 2.03. The van der Waals surface area contributed by atoms with E-state index in [1.807, 2.05) is 42.8 Å². The Balaban J connectivity index is 1.70. The van der Waals surface area contributed by atoms with Gasteiger partial charge >= 0.3 is 0 Å². The minimum atomic E-state index is -0.164. The summed E-state index contributed by atoms with van der Waals surface area (Å²) in [7, 11) is 1.99. The van der Waals surface area contributed by atoms with Crippen LogP contribution in [0.3, 0.4) is 0 Å². The second kappa shape index (κ2) is 6.24. The molecule has 0 amide bonds. The van der Waals surface area contributed by atoms with Crippen molar-refractivity contribution in [2.45, 2.75) is 49.4 Å². The van der Waals surface area contributed by atoms with E-state index in [9.17, 15) is 4.79 Å². The number of carbonyl (C=O) groups is 1. The maximum Gasteiger partial charge on any atom is 0.191 e. The predicted octanol–water partition coefficient (Wildman–Crippen LogP) is 3.62. The SMILES string of the molecule is CCc1ccc(C(=O)[C@H](C)Sc2nnc(C3CC3)n2C)cc1. The van der Waals surface area contributed by atoms with Gasteiger partial charge < -0.3 is 4.57 Å². The summed E-state index contributed by atoms with van der Waals surface area (Å²) in [6.45, 7) is 4.05. The first-order chi connectivity index (χ1) is 10.6. The summed E-state index contributed by atoms with van der Waals surface area (Å²) in [5.74, 6) is 1.76. The van der Waals surface area contributed by atoms with Gasteiger partial charge in [-0.25, -0.2) is 0 Å². The van der Waals surface area contributed by atoms with Crippen LogP contribution in [0.2, 0.25) is 0 Å². The summed E-state index contributed by atoms with van der Waals surface area (Å²) in [4.78, 5) is 12.5. The molecule has 1 atom stereocenters. The average molecular weight is 315 g/mol. The Hall–Kier alpha value is -1.62. The van der Waals surface area contributed by atoms with Gasteiger partial charge in [-0.15, -0.1) is 10.2 Å². The minimum Gasteiger partial charge on any atom is -0.309 e. The summed E-state index contributed by atoms with van der Waals surface area (Å²) >= 11 is 1.49. The van der Waals surface area contributed by atoms with Crippen LogP contribution in [0.5, 0.6) is 0 Å². The molecule has 1 fully saturated rings. The van der Waals surface area contributed by atoms with Crippen LogP contribution in [-0.2, 0) is 13.5 Å². The number of aromatic nitrogens is 3. The van der Waals surface area contributed by atoms with Gasteiger partial charge in [0.1, 0.15) is 5.82 Å². The van der Waals surface area contributed by atoms with Crippen LogP contribution in [0.4, 0.5) is 0 Å². The molecule has 0 bridgehead atoms. The zero-order valence-corrected chi connectivity index (χ0v) is 14.1. The maximum absolute atomic E-state index is 12.5. The van der Waals surface area contributed by atoms with Crippen molar-refractivity contribution < 1.29 is 4.79 Å². The van der Waals surface area contributed by atoms with Gasteiger partial charge in [-0.05, 0) is 31.7 Å². The minimum absolute atomic E-state index is 0.142. The molecular weight excluding hydrogens is 294 g/mol. The molecule has 116 valence electrons. The number of benzene rings is 1. The first-order valence-electron chi connectivity index (χ1n) is 7.79. The highest BCUT2D eigenvalue weighted by molar-refractivity contribution is 8.00. The first kappa shape index (κ1) is 15.3. The van der Waals surface area contributed by atoms with Crippen LogP contribution in [0.25, 0.3) is 0 Å². The summed E-state index contributed by atoms with van der Waals surface area (Å²) in [5, 5.41) is 9.17. The summed E-state index contributed by atoms with van der Waals surface area (Å²) in [6, 6.07) is 7.89. The van der Waals surface area contributed by atoms with Crippen LogP contribution >= 0.6 is 11.8 Å². The monoisotopic (exact) mass is 315 g/mol. The van der Waals surface area contributed by atoms with Crippen molar-refractivity contribution in [1.29, 1.82) is 0 Å². The lowest BCUT2D eigenvalue weighted by atomic mass is 10.1. The molecule has 0 saturated heterocycles. The van der Waals surface area contributed by atoms with E-state index >= 15 is 0 Å². The Bertz CT molecular complexity index is 674. The lowest BCUT2D eigenvalue weighted by molar-refractivity contribution is 0.0994. The number of Topliss-reactive ketones (excluding diaryl/α,β-unsaturated/α-hetero) is 1. The molecule has 0 unspecified atom stereocenters. The van der Waals surface area contributed by atoms with Gasteiger partial charge in [0, 0.05) is 18.5 Å². The van der Waals surface area contributed by atoms with Gasteiger partial charge in [0.2, 0.25) is 0 Å². The molecule has 1 heterocycles. The van der Waals surface area contributed by atoms with Crippen LogP contribution < -0.4 is 0 Å². The molecule has 4 nitrogen and oxygen atoms in total. The second-order valence-corrected chi connectivity index (χ2v) is 7.16. The van der Waals surface area contributed by atoms with Crippen LogP contribution in [0.15, 0.2) is 29.4 Å². The van der Waals surface area contributed by atoms with E-state index in [-0.39, 0.29) is 11.0 Å². The molecule has 1 aromatic carbocycles. The Labute approximate surface area is 135 Å². The van der Waals surface area contributed by atoms with Gasteiger partial charge in [-0.2, -0.15) is 0 Å². The van der Waals surface area contributed by atoms with Gasteiger partial charge in [0.15, 0.2) is 10.9 Å². The van der Waals surface area contributed by atoms with Gasteiger partial charge in [0.05, 0.1) is 5.25 Å². The zero-order valence-electron chi connectivity index (χ0n) is 13.2. The number of hydrogen-bond acceptors (Lipinski definition) is 4. The lowest BCUT2D eigenvalue weighted by Crippen LogP contribution is -2.14. The maximum atomic E-state index is 12.5. The predicted molar refractivity (Wildman–Crippen MR) is 88.4 cm³/mol. The number of hydrogen-bond donors (Lipinski definition) is 0. The molecule has 2 aromatic rings. The largest absolute Gasteiger partial charge is 0.309 e. The van der Waals surface area contributed by atoms with Crippen LogP contribution in [0.1, 0.15) is 54.4 Å². The molecule has 0 radical (unpaired) electrons. The van der Waals surface area contributed by atoms with Crippen molar-refractivity contribution in [3.05, 3.63) is 41.2 Å². The fraction of sp³-hybridized carbons (Fsp3) is 0.471. The van der Waals surface area contributed by atoms with Crippen LogP contribution in [0, 0.1) is 0 Å². The summed E-state index contributed by atoms with van der Waals surface area (Å²) in [6.07, 6.45) is 3.39. The number of nitrogens with zero attached hydrogens (tertiary/aromatic N) is 3. The van der Waals surface area contributed by atoms with Crippen molar-refractivity contribution in [1.82, 2.24) is 14.8 Å². The van der Waals surface area contributed by atoms with Crippen molar-refractivity contribution in [2.24, 2.45) is 7.05 Å². The van der Waals surface area contributed by atoms with Crippen molar-refractivity contribution in [2.75, 3.05) is 0 Å². The Morgan fingerprint density at radius 1 is 1.32 bits per heavy atom. The molecule has 5 heteroatoms. The number of ketones is 1. The van der Waals surface area contributed by atoms with Crippen molar-refractivity contribution >= 4 is 17.5 Å². The molecule has 1 aliphatic rings. The molecule has 1 aliphatic carbocycles. The number of rotatable bonds is 6. The fourth-order valence-electron chi connectivity index (χ4n) is 2.48. The normalized spacial score (nSPS) is 15.8. The standard InChI is InChI=1S/C17H21N3OS/c1-4-12-5-7-13(8-6-12)15(21)11(2)22-17-19-18-16(20(17)3)14-9-10-14/h5-8,11,14H,4,9-10H2,1-3H3/t11-/m0/s1. The third kappa shape index (κ3) is 3.09. The van der Waals surface area contributed by atoms with Gasteiger partial charge in [0.25, 0.3) is 0 Å². The topological polar surface area (TPSA) is 47.8 Å². The third-order valence-electron chi connectivity index (χ3n) is 4.11. The van der Waals surface area contributed by atoms with Crippen LogP contribution in [-0.4, -0.2) is 25.8 Å². The Kier molecular flexibility index (Phi) is 4.34. The van der Waals surface area contributed by atoms with Gasteiger partial charge in [-0.1, -0.05) is 43.0 Å². The van der Waals surface area contributed by atoms with E-state index in [0.29, 0.717) is 5.92 Å². The highest BCUT2D eigenvalue weighted by atomic mass is 32.2. The molecule has 22 heavy (non-hydrogen) atoms. The van der Waals surface area contributed by atoms with E-state index in [1.165, 1.54) is 30.2 Å². The summed E-state index contributed by atoms with van der Waals surface area (Å²) in [5.41, 5.74) is 2.01. The zero-order chi connectivity index (χ0) is 15.7. The molecular formula is C17H21N3OS. The highest BCUT2D eigenvalue weighted by Gasteiger charge is 2.30. The van der Waals surface area contributed by atoms with Gasteiger partial charge in [-0.3, -0.25) is 4.79 Å². The van der Waals surface area contributed by atoms with E-state index in [2.05, 4.69) is 17.1 Å². The van der Waals surface area contributed by atoms with E-state index < -0.39 is 0 Å². The third-order valence-corrected chi connectivity index (χ3v) is 5.24. The smallest absolute Gasteiger partial charge is 0.191 e. The van der Waals surface area contributed by atoms with E-state index in [1.54, 1.807) is 0 Å². The molecule has 1 aromatic heterocycles. The van der Waals surface area contributed by atoms with E-state index in [4.69, 9.17) is 0 Å². The molecule has 0 aliphatic heterocycles. The Morgan fingerprint density at radius 3 is 2.59 bits per heavy atom. The molecule has 0 N–H and O–H groups in total. The number of aryl methyl sites for hydroxylation is 1. The van der Waals surface area contributed by atoms with E-state index in [0.717, 1.165) is 23.0 Å². The second-order valence-electron chi connectivity index (χ2n) is 5.85. The highest BCUT2D eigenvalue weighted by Crippen LogP contribution is 2.39. The fourth-order valence-corrected chi connectivity index (χ4v) is 3.38. The molecule has 3 rings (SSSR count). The lowest BCUT2D eigenvalue weighted by Gasteiger charge is -2.10. The Morgan fingerprint density at radius 2 is 2.00 bits per heavy atom. The average Bonchev–Trinajstić information content (AvgIpc) is 3.32. The molecule has 0 spiro atoms. The first-order valence-corrected chi connectivity index (χ1v) is 8.67.